The fourth-order valence-corrected chi connectivity index (χ4v) is 1.83. The molecule has 1 aliphatic heterocycles. The van der Waals surface area contributed by atoms with Crippen LogP contribution in [0.25, 0.3) is 0 Å². The molecule has 2 rings (SSSR count). The van der Waals surface area contributed by atoms with Crippen LogP contribution >= 0.6 is 0 Å². The number of nitrogens with zero attached hydrogens (tertiary/aromatic N) is 3. The quantitative estimate of drug-likeness (QED) is 0.763. The molecule has 1 N–H and O–H groups in total. The molecule has 2 unspecified atom stereocenters. The molecule has 0 spiro atoms. The van der Waals surface area contributed by atoms with Gasteiger partial charge in [-0.15, -0.1) is 5.10 Å². The number of hydrogen-bond donors (Lipinski definition) is 1. The van der Waals surface area contributed by atoms with Gasteiger partial charge in [-0.25, -0.2) is 0 Å². The molecule has 0 bridgehead atoms. The van der Waals surface area contributed by atoms with Crippen molar-refractivity contribution in [3.63, 3.8) is 0 Å². The molecular formula is C10H18N4O2. The molecule has 1 saturated heterocycles. The topological polar surface area (TPSA) is 61.2 Å². The van der Waals surface area contributed by atoms with Crippen molar-refractivity contribution in [3.05, 3.63) is 6.33 Å². The first-order valence-corrected chi connectivity index (χ1v) is 5.56. The number of ether oxygens (including phenoxy) is 2. The molecule has 1 fully saturated rings. The number of rotatable bonds is 5. The molecule has 6 heteroatoms. The number of aryl methyl sites for hydroxylation is 1. The maximum Gasteiger partial charge on any atom is 0.335 e. The van der Waals surface area contributed by atoms with Gasteiger partial charge in [0, 0.05) is 13.6 Å². The molecule has 0 saturated carbocycles. The minimum absolute atomic E-state index is 0.169. The highest BCUT2D eigenvalue weighted by molar-refractivity contribution is 4.88. The largest absolute Gasteiger partial charge is 0.460 e. The Morgan fingerprint density at radius 2 is 2.38 bits per heavy atom. The summed E-state index contributed by atoms with van der Waals surface area (Å²) in [5.74, 6) is 0. The molecule has 0 aliphatic carbocycles. The van der Waals surface area contributed by atoms with E-state index in [1.54, 1.807) is 11.0 Å². The summed E-state index contributed by atoms with van der Waals surface area (Å²) in [4.78, 5) is 3.99. The maximum atomic E-state index is 5.78. The zero-order valence-electron chi connectivity index (χ0n) is 9.72. The van der Waals surface area contributed by atoms with Crippen molar-refractivity contribution in [2.24, 2.45) is 7.05 Å². The van der Waals surface area contributed by atoms with Gasteiger partial charge in [-0.05, 0) is 19.9 Å². The second kappa shape index (κ2) is 5.27. The Morgan fingerprint density at radius 1 is 1.56 bits per heavy atom. The minimum Gasteiger partial charge on any atom is -0.460 e. The van der Waals surface area contributed by atoms with Gasteiger partial charge in [0.2, 0.25) is 0 Å². The fourth-order valence-electron chi connectivity index (χ4n) is 1.83. The monoisotopic (exact) mass is 226 g/mol. The van der Waals surface area contributed by atoms with Gasteiger partial charge in [-0.3, -0.25) is 4.68 Å². The summed E-state index contributed by atoms with van der Waals surface area (Å²) in [5.41, 5.74) is 0. The first-order valence-electron chi connectivity index (χ1n) is 5.56. The first-order chi connectivity index (χ1) is 7.78. The summed E-state index contributed by atoms with van der Waals surface area (Å²) < 4.78 is 12.8. The normalized spacial score (nSPS) is 24.9. The lowest BCUT2D eigenvalue weighted by atomic mass is 10.2. The molecule has 2 atom stereocenters. The lowest BCUT2D eigenvalue weighted by molar-refractivity contribution is 0.0173. The van der Waals surface area contributed by atoms with Gasteiger partial charge < -0.3 is 14.8 Å². The lowest BCUT2D eigenvalue weighted by Gasteiger charge is -2.12. The predicted octanol–water partition coefficient (Wildman–Crippen LogP) is -0.0391. The molecule has 1 aliphatic rings. The van der Waals surface area contributed by atoms with Crippen molar-refractivity contribution in [1.82, 2.24) is 20.1 Å². The number of nitrogens with one attached hydrogen (secondary N) is 1. The van der Waals surface area contributed by atoms with E-state index in [0.29, 0.717) is 18.7 Å². The number of aromatic nitrogens is 3. The third kappa shape index (κ3) is 2.93. The molecular weight excluding hydrogens is 208 g/mol. The Kier molecular flexibility index (Phi) is 3.74. The summed E-state index contributed by atoms with van der Waals surface area (Å²) in [7, 11) is 3.75. The zero-order chi connectivity index (χ0) is 11.4. The van der Waals surface area contributed by atoms with Crippen molar-refractivity contribution >= 4 is 0 Å². The maximum absolute atomic E-state index is 5.78. The van der Waals surface area contributed by atoms with Crippen LogP contribution in [0.3, 0.4) is 0 Å². The number of hydrogen-bond acceptors (Lipinski definition) is 5. The van der Waals surface area contributed by atoms with Crippen molar-refractivity contribution in [2.45, 2.75) is 25.0 Å². The Balaban J connectivity index is 1.71. The summed E-state index contributed by atoms with van der Waals surface area (Å²) in [5, 5.41) is 7.16. The lowest BCUT2D eigenvalue weighted by Crippen LogP contribution is -2.26. The van der Waals surface area contributed by atoms with Crippen LogP contribution < -0.4 is 10.1 Å². The van der Waals surface area contributed by atoms with Crippen LogP contribution in [0.2, 0.25) is 0 Å². The van der Waals surface area contributed by atoms with E-state index in [9.17, 15) is 0 Å². The van der Waals surface area contributed by atoms with E-state index < -0.39 is 0 Å². The van der Waals surface area contributed by atoms with E-state index in [4.69, 9.17) is 9.47 Å². The molecule has 6 nitrogen and oxygen atoms in total. The second-order valence-electron chi connectivity index (χ2n) is 4.03. The van der Waals surface area contributed by atoms with Crippen LogP contribution in [0.1, 0.15) is 12.8 Å². The van der Waals surface area contributed by atoms with E-state index in [-0.39, 0.29) is 6.10 Å². The Bertz CT molecular complexity index is 328. The minimum atomic E-state index is 0.169. The highest BCUT2D eigenvalue weighted by Gasteiger charge is 2.25. The van der Waals surface area contributed by atoms with E-state index in [1.807, 2.05) is 14.1 Å². The van der Waals surface area contributed by atoms with Gasteiger partial charge in [-0.1, -0.05) is 0 Å². The highest BCUT2D eigenvalue weighted by atomic mass is 16.5. The average Bonchev–Trinajstić information content (AvgIpc) is 2.85. The van der Waals surface area contributed by atoms with Crippen LogP contribution in [-0.2, 0) is 11.8 Å². The van der Waals surface area contributed by atoms with Crippen LogP contribution in [0.5, 0.6) is 6.01 Å². The van der Waals surface area contributed by atoms with Gasteiger partial charge in [0.05, 0.1) is 12.2 Å². The van der Waals surface area contributed by atoms with Gasteiger partial charge >= 0.3 is 6.01 Å². The Morgan fingerprint density at radius 3 is 3.06 bits per heavy atom. The van der Waals surface area contributed by atoms with Crippen LogP contribution in [-0.4, -0.2) is 47.2 Å². The molecule has 90 valence electrons. The molecule has 1 aromatic rings. The molecule has 16 heavy (non-hydrogen) atoms. The van der Waals surface area contributed by atoms with Crippen molar-refractivity contribution < 1.29 is 9.47 Å². The van der Waals surface area contributed by atoms with E-state index in [1.165, 1.54) is 0 Å². The predicted molar refractivity (Wildman–Crippen MR) is 58.3 cm³/mol. The standard InChI is InChI=1S/C10H18N4O2/c1-11-5-8-3-4-9(16-8)6-15-10-12-7-14(2)13-10/h7-9,11H,3-6H2,1-2H3. The van der Waals surface area contributed by atoms with Crippen molar-refractivity contribution in [3.8, 4) is 6.01 Å². The summed E-state index contributed by atoms with van der Waals surface area (Å²) in [6.45, 7) is 1.43. The third-order valence-electron chi connectivity index (χ3n) is 2.60. The van der Waals surface area contributed by atoms with E-state index in [2.05, 4.69) is 15.4 Å². The van der Waals surface area contributed by atoms with Crippen LogP contribution in [0, 0.1) is 0 Å². The first kappa shape index (κ1) is 11.3. The third-order valence-corrected chi connectivity index (χ3v) is 2.60. The molecule has 2 heterocycles. The number of likely N-dealkylation sites (N-methyl/N-ethyl adjacent to an activating group) is 1. The van der Waals surface area contributed by atoms with Gasteiger partial charge in [-0.2, -0.15) is 4.98 Å². The van der Waals surface area contributed by atoms with Crippen LogP contribution in [0.4, 0.5) is 0 Å². The summed E-state index contributed by atoms with van der Waals surface area (Å²) in [6, 6.07) is 0.420. The average molecular weight is 226 g/mol. The molecule has 0 radical (unpaired) electrons. The molecule has 0 aromatic carbocycles. The molecule has 0 amide bonds. The Labute approximate surface area is 94.9 Å². The van der Waals surface area contributed by atoms with Gasteiger partial charge in [0.25, 0.3) is 0 Å². The van der Waals surface area contributed by atoms with Crippen LogP contribution in [0.15, 0.2) is 6.33 Å². The smallest absolute Gasteiger partial charge is 0.335 e. The van der Waals surface area contributed by atoms with E-state index in [0.717, 1.165) is 19.4 Å². The summed E-state index contributed by atoms with van der Waals surface area (Å²) >= 11 is 0. The van der Waals surface area contributed by atoms with Gasteiger partial charge in [0.1, 0.15) is 12.9 Å². The highest BCUT2D eigenvalue weighted by Crippen LogP contribution is 2.19. The molecule has 1 aromatic heterocycles. The van der Waals surface area contributed by atoms with Crippen molar-refractivity contribution in [2.75, 3.05) is 20.2 Å². The van der Waals surface area contributed by atoms with Gasteiger partial charge in [0.15, 0.2) is 0 Å². The Hall–Kier alpha value is -1.14. The second-order valence-corrected chi connectivity index (χ2v) is 4.03. The SMILES string of the molecule is CNCC1CCC(COc2ncn(C)n2)O1. The fraction of sp³-hybridized carbons (Fsp3) is 0.800. The zero-order valence-corrected chi connectivity index (χ0v) is 9.72. The van der Waals surface area contributed by atoms with E-state index >= 15 is 0 Å². The summed E-state index contributed by atoms with van der Waals surface area (Å²) in [6.07, 6.45) is 4.23. The van der Waals surface area contributed by atoms with Crippen molar-refractivity contribution in [1.29, 1.82) is 0 Å².